The minimum absolute atomic E-state index is 0.0311. The number of amides is 2. The number of rotatable bonds is 6. The van der Waals surface area contributed by atoms with Gasteiger partial charge in [0.1, 0.15) is 5.54 Å². The second kappa shape index (κ2) is 6.75. The summed E-state index contributed by atoms with van der Waals surface area (Å²) < 4.78 is 4.96. The maximum atomic E-state index is 12.2. The predicted octanol–water partition coefficient (Wildman–Crippen LogP) is 1.45. The Morgan fingerprint density at radius 3 is 2.74 bits per heavy atom. The number of likely N-dealkylation sites (tertiary alicyclic amines) is 1. The lowest BCUT2D eigenvalue weighted by molar-refractivity contribution is -0.148. The number of methoxy groups -OCH3 is 1. The van der Waals surface area contributed by atoms with Crippen LogP contribution in [0.5, 0.6) is 0 Å². The van der Waals surface area contributed by atoms with Crippen LogP contribution in [0.2, 0.25) is 0 Å². The fraction of sp³-hybridized carbons (Fsp3) is 0.846. The number of nitrogens with one attached hydrogen (secondary N) is 1. The standard InChI is InChI=1S/C13H24N2O4/c1-4-13(11(16)17)7-5-8-15(13)12(18)14-10(2)6-9-19-3/h10H,4-9H2,1-3H3,(H,14,18)(H,16,17). The molecule has 1 aliphatic heterocycles. The average molecular weight is 272 g/mol. The van der Waals surface area contributed by atoms with Gasteiger partial charge in [0.25, 0.3) is 0 Å². The lowest BCUT2D eigenvalue weighted by atomic mass is 9.93. The minimum atomic E-state index is -1.04. The molecule has 2 amide bonds. The smallest absolute Gasteiger partial charge is 0.329 e. The van der Waals surface area contributed by atoms with E-state index in [1.807, 2.05) is 13.8 Å². The first kappa shape index (κ1) is 15.8. The summed E-state index contributed by atoms with van der Waals surface area (Å²) in [6.07, 6.45) is 2.41. The molecule has 6 heteroatoms. The first-order chi connectivity index (χ1) is 8.97. The maximum absolute atomic E-state index is 12.2. The molecule has 1 aliphatic rings. The summed E-state index contributed by atoms with van der Waals surface area (Å²) in [5.41, 5.74) is -1.04. The normalized spacial score (nSPS) is 24.3. The largest absolute Gasteiger partial charge is 0.479 e. The van der Waals surface area contributed by atoms with Crippen molar-refractivity contribution >= 4 is 12.0 Å². The number of aliphatic carboxylic acids is 1. The summed E-state index contributed by atoms with van der Waals surface area (Å²) in [6.45, 7) is 4.78. The number of carbonyl (C=O) groups excluding carboxylic acids is 1. The Morgan fingerprint density at radius 1 is 1.53 bits per heavy atom. The van der Waals surface area contributed by atoms with Crippen molar-refractivity contribution in [1.29, 1.82) is 0 Å². The second-order valence-electron chi connectivity index (χ2n) is 5.08. The number of ether oxygens (including phenoxy) is 1. The van der Waals surface area contributed by atoms with Crippen LogP contribution in [0.3, 0.4) is 0 Å². The van der Waals surface area contributed by atoms with E-state index in [4.69, 9.17) is 4.74 Å². The monoisotopic (exact) mass is 272 g/mol. The lowest BCUT2D eigenvalue weighted by Crippen LogP contribution is -2.56. The van der Waals surface area contributed by atoms with Gasteiger partial charge in [0.15, 0.2) is 0 Å². The van der Waals surface area contributed by atoms with Gasteiger partial charge in [-0.3, -0.25) is 0 Å². The number of carboxylic acid groups (broad SMARTS) is 1. The van der Waals surface area contributed by atoms with Crippen LogP contribution in [-0.2, 0) is 9.53 Å². The molecule has 0 aliphatic carbocycles. The lowest BCUT2D eigenvalue weighted by Gasteiger charge is -2.34. The van der Waals surface area contributed by atoms with Crippen LogP contribution in [0.15, 0.2) is 0 Å². The molecule has 1 heterocycles. The van der Waals surface area contributed by atoms with Gasteiger partial charge >= 0.3 is 12.0 Å². The number of carbonyl (C=O) groups is 2. The van der Waals surface area contributed by atoms with Crippen LogP contribution in [0.4, 0.5) is 4.79 Å². The van der Waals surface area contributed by atoms with Crippen LogP contribution in [0.25, 0.3) is 0 Å². The third-order valence-electron chi connectivity index (χ3n) is 3.84. The molecular weight excluding hydrogens is 248 g/mol. The molecule has 1 fully saturated rings. The molecule has 6 nitrogen and oxygen atoms in total. The van der Waals surface area contributed by atoms with Gasteiger partial charge in [0.05, 0.1) is 0 Å². The predicted molar refractivity (Wildman–Crippen MR) is 71.1 cm³/mol. The Kier molecular flexibility index (Phi) is 5.60. The van der Waals surface area contributed by atoms with E-state index in [9.17, 15) is 14.7 Å². The van der Waals surface area contributed by atoms with Gasteiger partial charge in [0.2, 0.25) is 0 Å². The minimum Gasteiger partial charge on any atom is -0.479 e. The van der Waals surface area contributed by atoms with Crippen LogP contribution in [-0.4, -0.2) is 53.8 Å². The molecular formula is C13H24N2O4. The maximum Gasteiger partial charge on any atom is 0.329 e. The zero-order chi connectivity index (χ0) is 14.5. The Hall–Kier alpha value is -1.30. The van der Waals surface area contributed by atoms with Gasteiger partial charge in [-0.2, -0.15) is 0 Å². The van der Waals surface area contributed by atoms with Crippen LogP contribution >= 0.6 is 0 Å². The molecule has 2 atom stereocenters. The van der Waals surface area contributed by atoms with E-state index in [1.165, 1.54) is 4.90 Å². The number of carboxylic acids is 1. The molecule has 19 heavy (non-hydrogen) atoms. The summed E-state index contributed by atoms with van der Waals surface area (Å²) in [7, 11) is 1.61. The van der Waals surface area contributed by atoms with E-state index >= 15 is 0 Å². The number of nitrogens with zero attached hydrogens (tertiary/aromatic N) is 1. The summed E-state index contributed by atoms with van der Waals surface area (Å²) >= 11 is 0. The van der Waals surface area contributed by atoms with Crippen molar-refractivity contribution in [1.82, 2.24) is 10.2 Å². The molecule has 1 saturated heterocycles. The molecule has 1 rings (SSSR count). The van der Waals surface area contributed by atoms with E-state index < -0.39 is 11.5 Å². The number of hydrogen-bond acceptors (Lipinski definition) is 3. The van der Waals surface area contributed by atoms with Gasteiger partial charge in [-0.25, -0.2) is 9.59 Å². The molecule has 0 aromatic carbocycles. The SMILES string of the molecule is CCC1(C(=O)O)CCCN1C(=O)NC(C)CCOC. The third kappa shape index (κ3) is 3.37. The Bertz CT molecular complexity index is 335. The highest BCUT2D eigenvalue weighted by Gasteiger charge is 2.48. The van der Waals surface area contributed by atoms with E-state index in [-0.39, 0.29) is 12.1 Å². The Morgan fingerprint density at radius 2 is 2.21 bits per heavy atom. The summed E-state index contributed by atoms with van der Waals surface area (Å²) in [6, 6.07) is -0.318. The van der Waals surface area contributed by atoms with Crippen molar-refractivity contribution in [3.63, 3.8) is 0 Å². The molecule has 0 spiro atoms. The zero-order valence-electron chi connectivity index (χ0n) is 11.9. The van der Waals surface area contributed by atoms with E-state index in [2.05, 4.69) is 5.32 Å². The molecule has 0 saturated carbocycles. The van der Waals surface area contributed by atoms with Gasteiger partial charge in [-0.15, -0.1) is 0 Å². The molecule has 0 aromatic rings. The van der Waals surface area contributed by atoms with Crippen molar-refractivity contribution in [2.45, 2.75) is 51.1 Å². The van der Waals surface area contributed by atoms with Gasteiger partial charge in [-0.1, -0.05) is 6.92 Å². The van der Waals surface area contributed by atoms with E-state index in [0.717, 1.165) is 6.42 Å². The Balaban J connectivity index is 2.67. The fourth-order valence-electron chi connectivity index (χ4n) is 2.57. The van der Waals surface area contributed by atoms with Crippen LogP contribution in [0, 0.1) is 0 Å². The van der Waals surface area contributed by atoms with Crippen LogP contribution < -0.4 is 5.32 Å². The highest BCUT2D eigenvalue weighted by Crippen LogP contribution is 2.32. The summed E-state index contributed by atoms with van der Waals surface area (Å²) in [5, 5.41) is 12.3. The third-order valence-corrected chi connectivity index (χ3v) is 3.84. The molecule has 2 N–H and O–H groups in total. The first-order valence-corrected chi connectivity index (χ1v) is 6.78. The number of urea groups is 1. The van der Waals surface area contributed by atoms with Gasteiger partial charge < -0.3 is 20.1 Å². The van der Waals surface area contributed by atoms with Crippen molar-refractivity contribution < 1.29 is 19.4 Å². The fourth-order valence-corrected chi connectivity index (χ4v) is 2.57. The first-order valence-electron chi connectivity index (χ1n) is 6.78. The van der Waals surface area contributed by atoms with E-state index in [0.29, 0.717) is 32.4 Å². The molecule has 0 radical (unpaired) electrons. The summed E-state index contributed by atoms with van der Waals surface area (Å²) in [5.74, 6) is -0.910. The van der Waals surface area contributed by atoms with Crippen molar-refractivity contribution in [2.75, 3.05) is 20.3 Å². The average Bonchev–Trinajstić information content (AvgIpc) is 2.81. The highest BCUT2D eigenvalue weighted by atomic mass is 16.5. The Labute approximate surface area is 114 Å². The molecule has 0 bridgehead atoms. The van der Waals surface area contributed by atoms with Crippen molar-refractivity contribution in [3.8, 4) is 0 Å². The van der Waals surface area contributed by atoms with Crippen molar-refractivity contribution in [2.24, 2.45) is 0 Å². The van der Waals surface area contributed by atoms with Gasteiger partial charge in [-0.05, 0) is 32.6 Å². The topological polar surface area (TPSA) is 78.9 Å². The summed E-state index contributed by atoms with van der Waals surface area (Å²) in [4.78, 5) is 25.2. The van der Waals surface area contributed by atoms with E-state index in [1.54, 1.807) is 7.11 Å². The molecule has 2 unspecified atom stereocenters. The second-order valence-corrected chi connectivity index (χ2v) is 5.08. The highest BCUT2D eigenvalue weighted by molar-refractivity contribution is 5.87. The van der Waals surface area contributed by atoms with Gasteiger partial charge in [0, 0.05) is 26.3 Å². The quantitative estimate of drug-likeness (QED) is 0.767. The molecule has 0 aromatic heterocycles. The van der Waals surface area contributed by atoms with Crippen LogP contribution in [0.1, 0.15) is 39.5 Å². The number of hydrogen-bond donors (Lipinski definition) is 2. The molecule has 110 valence electrons. The zero-order valence-corrected chi connectivity index (χ0v) is 11.9. The van der Waals surface area contributed by atoms with Crippen molar-refractivity contribution in [3.05, 3.63) is 0 Å².